The van der Waals surface area contributed by atoms with E-state index in [0.29, 0.717) is 17.5 Å². The van der Waals surface area contributed by atoms with Gasteiger partial charge in [-0.15, -0.1) is 0 Å². The number of hydrogen-bond acceptors (Lipinski definition) is 4. The monoisotopic (exact) mass is 639 g/mol. The maximum Gasteiger partial charge on any atom is 0.167 e. The fourth-order valence-electron chi connectivity index (χ4n) is 7.85. The van der Waals surface area contributed by atoms with E-state index in [9.17, 15) is 0 Å². The molecular weight excluding hydrogens is 611 g/mol. The van der Waals surface area contributed by atoms with Crippen molar-refractivity contribution in [3.05, 3.63) is 198 Å². The van der Waals surface area contributed by atoms with E-state index in [1.54, 1.807) is 0 Å². The van der Waals surface area contributed by atoms with E-state index in [1.165, 1.54) is 33.4 Å². The first kappa shape index (κ1) is 28.4. The predicted octanol–water partition coefficient (Wildman–Crippen LogP) is 11.1. The molecule has 9 aromatic rings. The van der Waals surface area contributed by atoms with Gasteiger partial charge >= 0.3 is 0 Å². The van der Waals surface area contributed by atoms with Gasteiger partial charge in [0.25, 0.3) is 0 Å². The minimum atomic E-state index is -0.525. The van der Waals surface area contributed by atoms with E-state index in [4.69, 9.17) is 19.4 Å². The Balaban J connectivity index is 1.24. The summed E-state index contributed by atoms with van der Waals surface area (Å²) < 4.78 is 6.45. The second-order valence-electron chi connectivity index (χ2n) is 12.7. The van der Waals surface area contributed by atoms with Gasteiger partial charge in [-0.3, -0.25) is 0 Å². The van der Waals surface area contributed by atoms with Crippen molar-refractivity contribution < 1.29 is 4.42 Å². The lowest BCUT2D eigenvalue weighted by Crippen LogP contribution is -2.28. The number of para-hydroxylation sites is 2. The van der Waals surface area contributed by atoms with E-state index in [2.05, 4.69) is 115 Å². The molecule has 0 saturated carbocycles. The van der Waals surface area contributed by atoms with Crippen LogP contribution in [0.3, 0.4) is 0 Å². The SMILES string of the molecule is c1ccc(-c2nc(-c3ccc4c(c3)C(c3ccccc3)(c3ccccc3)c3ccccc3-4)nc(-c3cccc4c3oc3ccccc34)n2)cc1. The molecule has 10 rings (SSSR count). The van der Waals surface area contributed by atoms with Gasteiger partial charge in [-0.05, 0) is 51.6 Å². The molecule has 0 fully saturated rings. The molecule has 50 heavy (non-hydrogen) atoms. The third kappa shape index (κ3) is 4.22. The summed E-state index contributed by atoms with van der Waals surface area (Å²) in [5.41, 5.74) is 11.1. The van der Waals surface area contributed by atoms with Crippen molar-refractivity contribution in [3.8, 4) is 45.3 Å². The molecule has 0 unspecified atom stereocenters. The molecule has 2 heterocycles. The Morgan fingerprint density at radius 2 is 0.940 bits per heavy atom. The normalized spacial score (nSPS) is 13.0. The van der Waals surface area contributed by atoms with Gasteiger partial charge in [0.1, 0.15) is 11.2 Å². The summed E-state index contributed by atoms with van der Waals surface area (Å²) in [6.07, 6.45) is 0. The summed E-state index contributed by atoms with van der Waals surface area (Å²) >= 11 is 0. The van der Waals surface area contributed by atoms with Crippen LogP contribution in [-0.2, 0) is 5.41 Å². The van der Waals surface area contributed by atoms with Gasteiger partial charge in [-0.25, -0.2) is 15.0 Å². The van der Waals surface area contributed by atoms with Crippen LogP contribution < -0.4 is 0 Å². The van der Waals surface area contributed by atoms with Crippen LogP contribution in [-0.4, -0.2) is 15.0 Å². The molecule has 0 radical (unpaired) electrons. The van der Waals surface area contributed by atoms with E-state index in [-0.39, 0.29) is 0 Å². The van der Waals surface area contributed by atoms with E-state index < -0.39 is 5.41 Å². The Hall–Kier alpha value is -6.65. The second-order valence-corrected chi connectivity index (χ2v) is 12.7. The molecule has 0 aliphatic heterocycles. The highest BCUT2D eigenvalue weighted by molar-refractivity contribution is 6.09. The molecule has 2 aromatic heterocycles. The van der Waals surface area contributed by atoms with E-state index >= 15 is 0 Å². The lowest BCUT2D eigenvalue weighted by molar-refractivity contribution is 0.669. The van der Waals surface area contributed by atoms with Gasteiger partial charge in [-0.2, -0.15) is 0 Å². The van der Waals surface area contributed by atoms with Crippen molar-refractivity contribution in [3.63, 3.8) is 0 Å². The summed E-state index contributed by atoms with van der Waals surface area (Å²) in [5.74, 6) is 1.79. The zero-order chi connectivity index (χ0) is 33.1. The zero-order valence-corrected chi connectivity index (χ0v) is 27.0. The first-order valence-corrected chi connectivity index (χ1v) is 16.9. The minimum Gasteiger partial charge on any atom is -0.455 e. The van der Waals surface area contributed by atoms with Crippen LogP contribution in [0.2, 0.25) is 0 Å². The molecule has 0 spiro atoms. The lowest BCUT2D eigenvalue weighted by atomic mass is 9.67. The van der Waals surface area contributed by atoms with Crippen molar-refractivity contribution in [1.29, 1.82) is 0 Å². The van der Waals surface area contributed by atoms with Crippen molar-refractivity contribution in [2.75, 3.05) is 0 Å². The van der Waals surface area contributed by atoms with Gasteiger partial charge in [-0.1, -0.05) is 158 Å². The Kier molecular flexibility index (Phi) is 6.36. The quantitative estimate of drug-likeness (QED) is 0.188. The summed E-state index contributed by atoms with van der Waals surface area (Å²) in [7, 11) is 0. The van der Waals surface area contributed by atoms with Crippen molar-refractivity contribution in [1.82, 2.24) is 15.0 Å². The minimum absolute atomic E-state index is 0.525. The smallest absolute Gasteiger partial charge is 0.167 e. The maximum absolute atomic E-state index is 6.45. The zero-order valence-electron chi connectivity index (χ0n) is 27.0. The van der Waals surface area contributed by atoms with Gasteiger partial charge in [0.2, 0.25) is 0 Å². The summed E-state index contributed by atoms with van der Waals surface area (Å²) in [6, 6.07) is 61.6. The average Bonchev–Trinajstić information content (AvgIpc) is 3.72. The summed E-state index contributed by atoms with van der Waals surface area (Å²) in [6.45, 7) is 0. The third-order valence-corrected chi connectivity index (χ3v) is 10.0. The lowest BCUT2D eigenvalue weighted by Gasteiger charge is -2.34. The molecule has 0 N–H and O–H groups in total. The Bertz CT molecular complexity index is 2660. The first-order valence-electron chi connectivity index (χ1n) is 16.9. The molecular formula is C46H29N3O. The number of fused-ring (bicyclic) bond motifs is 6. The van der Waals surface area contributed by atoms with Gasteiger partial charge in [0.15, 0.2) is 17.5 Å². The van der Waals surface area contributed by atoms with Gasteiger partial charge in [0.05, 0.1) is 11.0 Å². The molecule has 7 aromatic carbocycles. The highest BCUT2D eigenvalue weighted by Crippen LogP contribution is 2.56. The fraction of sp³-hybridized carbons (Fsp3) is 0.0217. The van der Waals surface area contributed by atoms with Crippen molar-refractivity contribution >= 4 is 21.9 Å². The molecule has 4 nitrogen and oxygen atoms in total. The molecule has 1 aliphatic carbocycles. The fourth-order valence-corrected chi connectivity index (χ4v) is 7.85. The largest absolute Gasteiger partial charge is 0.455 e. The number of hydrogen-bond donors (Lipinski definition) is 0. The Labute approximate surface area is 289 Å². The molecule has 1 aliphatic rings. The number of furan rings is 1. The van der Waals surface area contributed by atoms with Crippen LogP contribution >= 0.6 is 0 Å². The van der Waals surface area contributed by atoms with Crippen LogP contribution in [0.5, 0.6) is 0 Å². The van der Waals surface area contributed by atoms with Crippen LogP contribution in [0.25, 0.3) is 67.2 Å². The van der Waals surface area contributed by atoms with Crippen molar-refractivity contribution in [2.45, 2.75) is 5.41 Å². The second kappa shape index (κ2) is 11.2. The summed E-state index contributed by atoms with van der Waals surface area (Å²) in [5, 5.41) is 2.10. The van der Waals surface area contributed by atoms with Crippen LogP contribution in [0.4, 0.5) is 0 Å². The Morgan fingerprint density at radius 1 is 0.380 bits per heavy atom. The standard InChI is InChI=1S/C46H29N3O/c1-4-15-30(16-5-1)43-47-44(49-45(48-43)38-24-14-23-37-36-22-11-13-26-41(36)50-42(37)38)31-27-28-35-34-21-10-12-25-39(34)46(40(35)29-31,32-17-6-2-7-18-32)33-19-8-3-9-20-33/h1-29H. The van der Waals surface area contributed by atoms with Crippen LogP contribution in [0, 0.1) is 0 Å². The number of nitrogens with zero attached hydrogens (tertiary/aromatic N) is 3. The Morgan fingerprint density at radius 3 is 1.70 bits per heavy atom. The van der Waals surface area contributed by atoms with Crippen molar-refractivity contribution in [2.24, 2.45) is 0 Å². The van der Waals surface area contributed by atoms with Crippen LogP contribution in [0.1, 0.15) is 22.3 Å². The molecule has 0 atom stereocenters. The maximum atomic E-state index is 6.45. The summed E-state index contributed by atoms with van der Waals surface area (Å²) in [4.78, 5) is 15.4. The van der Waals surface area contributed by atoms with Crippen LogP contribution in [0.15, 0.2) is 180 Å². The molecule has 4 heteroatoms. The van der Waals surface area contributed by atoms with Gasteiger partial charge in [0, 0.05) is 21.9 Å². The number of rotatable bonds is 5. The highest BCUT2D eigenvalue weighted by atomic mass is 16.3. The topological polar surface area (TPSA) is 51.8 Å². The molecule has 234 valence electrons. The van der Waals surface area contributed by atoms with E-state index in [1.807, 2.05) is 60.7 Å². The molecule has 0 bridgehead atoms. The molecule has 0 saturated heterocycles. The third-order valence-electron chi connectivity index (χ3n) is 10.0. The van der Waals surface area contributed by atoms with E-state index in [0.717, 1.165) is 38.6 Å². The number of benzene rings is 7. The number of aromatic nitrogens is 3. The highest BCUT2D eigenvalue weighted by Gasteiger charge is 2.46. The predicted molar refractivity (Wildman–Crippen MR) is 201 cm³/mol. The molecule has 0 amide bonds. The van der Waals surface area contributed by atoms with Gasteiger partial charge < -0.3 is 4.42 Å². The average molecular weight is 640 g/mol. The first-order chi connectivity index (χ1) is 24.8.